The second-order valence-corrected chi connectivity index (χ2v) is 5.85. The Hall–Kier alpha value is -3.09. The fraction of sp³-hybridized carbons (Fsp3) is 0.278. The molecule has 0 bridgehead atoms. The number of fused-ring (bicyclic) bond motifs is 1. The predicted octanol–water partition coefficient (Wildman–Crippen LogP) is 1.61. The maximum absolute atomic E-state index is 12.4. The average molecular weight is 342 g/mol. The van der Waals surface area contributed by atoms with Crippen LogP contribution in [0.1, 0.15) is 34.0 Å². The molecule has 2 aromatic rings. The van der Waals surface area contributed by atoms with Gasteiger partial charge in [-0.2, -0.15) is 0 Å². The van der Waals surface area contributed by atoms with Crippen molar-refractivity contribution in [1.29, 1.82) is 0 Å². The van der Waals surface area contributed by atoms with Gasteiger partial charge in [-0.15, -0.1) is 0 Å². The van der Waals surface area contributed by atoms with Crippen molar-refractivity contribution in [3.05, 3.63) is 59.5 Å². The van der Waals surface area contributed by atoms with Crippen LogP contribution in [0.5, 0.6) is 0 Å². The fourth-order valence-corrected chi connectivity index (χ4v) is 2.94. The maximum atomic E-state index is 12.4. The van der Waals surface area contributed by atoms with Gasteiger partial charge >= 0.3 is 5.97 Å². The lowest BCUT2D eigenvalue weighted by molar-refractivity contribution is -0.141. The zero-order valence-electron chi connectivity index (χ0n) is 13.5. The molecule has 7 nitrogen and oxygen atoms in total. The van der Waals surface area contributed by atoms with Crippen molar-refractivity contribution in [3.63, 3.8) is 0 Å². The number of aliphatic carboxylic acids is 1. The van der Waals surface area contributed by atoms with E-state index in [-0.39, 0.29) is 37.1 Å². The molecule has 0 saturated carbocycles. The highest BCUT2D eigenvalue weighted by Gasteiger charge is 2.32. The smallest absolute Gasteiger partial charge is 0.312 e. The Kier molecular flexibility index (Phi) is 4.83. The maximum Gasteiger partial charge on any atom is 0.312 e. The van der Waals surface area contributed by atoms with Crippen molar-refractivity contribution in [2.75, 3.05) is 13.1 Å². The van der Waals surface area contributed by atoms with Crippen LogP contribution in [0.25, 0.3) is 0 Å². The van der Waals surface area contributed by atoms with Crippen LogP contribution in [0.4, 0.5) is 0 Å². The van der Waals surface area contributed by atoms with Crippen molar-refractivity contribution >= 4 is 17.8 Å². The van der Waals surface area contributed by atoms with E-state index in [2.05, 4.69) is 5.32 Å². The minimum absolute atomic E-state index is 0.0982. The van der Waals surface area contributed by atoms with Gasteiger partial charge in [0.05, 0.1) is 12.2 Å². The van der Waals surface area contributed by atoms with Gasteiger partial charge < -0.3 is 19.7 Å². The van der Waals surface area contributed by atoms with E-state index in [1.165, 1.54) is 17.2 Å². The Bertz CT molecular complexity index is 785. The molecule has 25 heavy (non-hydrogen) atoms. The highest BCUT2D eigenvalue weighted by atomic mass is 16.4. The van der Waals surface area contributed by atoms with Crippen LogP contribution < -0.4 is 5.32 Å². The molecular formula is C18H18N2O5. The summed E-state index contributed by atoms with van der Waals surface area (Å²) in [5, 5.41) is 12.0. The Morgan fingerprint density at radius 1 is 1.20 bits per heavy atom. The topological polar surface area (TPSA) is 99.9 Å². The molecule has 130 valence electrons. The summed E-state index contributed by atoms with van der Waals surface area (Å²) in [5.41, 5.74) is 1.60. The highest BCUT2D eigenvalue weighted by molar-refractivity contribution is 5.91. The van der Waals surface area contributed by atoms with E-state index in [0.29, 0.717) is 6.54 Å². The van der Waals surface area contributed by atoms with E-state index < -0.39 is 11.9 Å². The summed E-state index contributed by atoms with van der Waals surface area (Å²) in [6.45, 7) is 0.677. The van der Waals surface area contributed by atoms with Crippen molar-refractivity contribution in [3.8, 4) is 0 Å². The summed E-state index contributed by atoms with van der Waals surface area (Å²) < 4.78 is 4.98. The minimum atomic E-state index is -0.948. The number of hydrogen-bond acceptors (Lipinski definition) is 4. The number of carbonyl (C=O) groups is 3. The molecule has 0 radical (unpaired) electrons. The third kappa shape index (κ3) is 3.71. The molecule has 1 aliphatic heterocycles. The number of carbonyl (C=O) groups excluding carboxylic acids is 2. The fourth-order valence-electron chi connectivity index (χ4n) is 2.94. The number of amides is 2. The molecule has 0 fully saturated rings. The molecule has 0 spiro atoms. The standard InChI is InChI=1S/C18H18N2O5/c21-16(7-8-19-17(22)15-6-3-9-25-15)20-10-12-4-1-2-5-13(12)14(11-20)18(23)24/h1-6,9,14H,7-8,10-11H2,(H,19,22)(H,23,24). The van der Waals surface area contributed by atoms with Crippen LogP contribution in [-0.4, -0.2) is 40.9 Å². The lowest BCUT2D eigenvalue weighted by Gasteiger charge is -2.32. The molecule has 1 aliphatic rings. The summed E-state index contributed by atoms with van der Waals surface area (Å²) in [6.07, 6.45) is 1.50. The zero-order valence-corrected chi connectivity index (χ0v) is 13.5. The summed E-state index contributed by atoms with van der Waals surface area (Å²) >= 11 is 0. The number of nitrogens with zero attached hydrogens (tertiary/aromatic N) is 1. The van der Waals surface area contributed by atoms with Crippen LogP contribution in [-0.2, 0) is 16.1 Å². The highest BCUT2D eigenvalue weighted by Crippen LogP contribution is 2.28. The zero-order chi connectivity index (χ0) is 17.8. The van der Waals surface area contributed by atoms with E-state index >= 15 is 0 Å². The predicted molar refractivity (Wildman–Crippen MR) is 87.9 cm³/mol. The van der Waals surface area contributed by atoms with Crippen LogP contribution in [0, 0.1) is 0 Å². The quantitative estimate of drug-likeness (QED) is 0.860. The largest absolute Gasteiger partial charge is 0.481 e. The van der Waals surface area contributed by atoms with E-state index in [9.17, 15) is 19.5 Å². The first-order valence-corrected chi connectivity index (χ1v) is 7.96. The number of hydrogen-bond donors (Lipinski definition) is 2. The van der Waals surface area contributed by atoms with Crippen molar-refractivity contribution in [2.24, 2.45) is 0 Å². The SMILES string of the molecule is O=C(NCCC(=O)N1Cc2ccccc2C(C(=O)O)C1)c1ccco1. The molecule has 1 aromatic heterocycles. The molecule has 1 atom stereocenters. The Balaban J connectivity index is 1.59. The van der Waals surface area contributed by atoms with E-state index in [1.807, 2.05) is 12.1 Å². The van der Waals surface area contributed by atoms with Gasteiger partial charge in [0.2, 0.25) is 5.91 Å². The first-order valence-electron chi connectivity index (χ1n) is 7.96. The van der Waals surface area contributed by atoms with Gasteiger partial charge in [-0.1, -0.05) is 24.3 Å². The van der Waals surface area contributed by atoms with E-state index in [0.717, 1.165) is 11.1 Å². The second kappa shape index (κ2) is 7.21. The molecule has 1 aromatic carbocycles. The van der Waals surface area contributed by atoms with Gasteiger partial charge in [0, 0.05) is 26.1 Å². The van der Waals surface area contributed by atoms with Gasteiger partial charge in [0.25, 0.3) is 5.91 Å². The second-order valence-electron chi connectivity index (χ2n) is 5.85. The minimum Gasteiger partial charge on any atom is -0.481 e. The molecule has 2 heterocycles. The van der Waals surface area contributed by atoms with Gasteiger partial charge in [-0.25, -0.2) is 0 Å². The molecule has 2 N–H and O–H groups in total. The number of nitrogens with one attached hydrogen (secondary N) is 1. The number of carboxylic acids is 1. The average Bonchev–Trinajstić information content (AvgIpc) is 3.15. The van der Waals surface area contributed by atoms with Crippen LogP contribution in [0.3, 0.4) is 0 Å². The Morgan fingerprint density at radius 2 is 2.00 bits per heavy atom. The van der Waals surface area contributed by atoms with Crippen LogP contribution >= 0.6 is 0 Å². The molecule has 0 saturated heterocycles. The van der Waals surface area contributed by atoms with Gasteiger partial charge in [-0.05, 0) is 23.3 Å². The van der Waals surface area contributed by atoms with Gasteiger partial charge in [0.15, 0.2) is 5.76 Å². The number of benzene rings is 1. The Morgan fingerprint density at radius 3 is 2.72 bits per heavy atom. The first kappa shape index (κ1) is 16.8. The third-order valence-electron chi connectivity index (χ3n) is 4.21. The van der Waals surface area contributed by atoms with Gasteiger partial charge in [0.1, 0.15) is 0 Å². The van der Waals surface area contributed by atoms with Crippen molar-refractivity contribution < 1.29 is 23.9 Å². The number of carboxylic acid groups (broad SMARTS) is 1. The van der Waals surface area contributed by atoms with E-state index in [1.54, 1.807) is 18.2 Å². The summed E-state index contributed by atoms with van der Waals surface area (Å²) in [4.78, 5) is 37.2. The van der Waals surface area contributed by atoms with Crippen LogP contribution in [0.2, 0.25) is 0 Å². The molecule has 3 rings (SSSR count). The lowest BCUT2D eigenvalue weighted by atomic mass is 9.89. The van der Waals surface area contributed by atoms with Crippen LogP contribution in [0.15, 0.2) is 47.1 Å². The summed E-state index contributed by atoms with van der Waals surface area (Å²) in [6, 6.07) is 10.4. The van der Waals surface area contributed by atoms with Crippen molar-refractivity contribution in [2.45, 2.75) is 18.9 Å². The molecular weight excluding hydrogens is 324 g/mol. The third-order valence-corrected chi connectivity index (χ3v) is 4.21. The monoisotopic (exact) mass is 342 g/mol. The molecule has 7 heteroatoms. The number of furan rings is 1. The normalized spacial score (nSPS) is 16.2. The summed E-state index contributed by atoms with van der Waals surface area (Å²) in [5.74, 6) is -2.07. The Labute approximate surface area is 144 Å². The molecule has 1 unspecified atom stereocenters. The summed E-state index contributed by atoms with van der Waals surface area (Å²) in [7, 11) is 0. The molecule has 2 amide bonds. The first-order chi connectivity index (χ1) is 12.1. The lowest BCUT2D eigenvalue weighted by Crippen LogP contribution is -2.41. The van der Waals surface area contributed by atoms with Crippen molar-refractivity contribution in [1.82, 2.24) is 10.2 Å². The molecule has 0 aliphatic carbocycles. The van der Waals surface area contributed by atoms with E-state index in [4.69, 9.17) is 4.42 Å². The number of rotatable bonds is 5. The van der Waals surface area contributed by atoms with Gasteiger partial charge in [-0.3, -0.25) is 14.4 Å².